The molecule has 2 aromatic rings. The van der Waals surface area contributed by atoms with Crippen LogP contribution in [0.1, 0.15) is 30.0 Å². The highest BCUT2D eigenvalue weighted by Gasteiger charge is 2.56. The fourth-order valence-corrected chi connectivity index (χ4v) is 5.19. The minimum atomic E-state index is -4.75. The van der Waals surface area contributed by atoms with Gasteiger partial charge in [-0.2, -0.15) is 13.2 Å². The molecule has 1 saturated heterocycles. The average molecular weight is 542 g/mol. The first kappa shape index (κ1) is 24.2. The molecule has 2 atom stereocenters. The molecule has 4 rings (SSSR count). The number of hydrogen-bond donors (Lipinski definition) is 1. The number of halogens is 5. The van der Waals surface area contributed by atoms with Gasteiger partial charge in [-0.05, 0) is 49.1 Å². The van der Waals surface area contributed by atoms with E-state index < -0.39 is 54.5 Å². The number of nitrogens with one attached hydrogen (secondary N) is 1. The van der Waals surface area contributed by atoms with Gasteiger partial charge >= 0.3 is 12.2 Å². The predicted octanol–water partition coefficient (Wildman–Crippen LogP) is 4.26. The summed E-state index contributed by atoms with van der Waals surface area (Å²) in [6, 6.07) is 7.02. The maximum atomic E-state index is 13.5. The van der Waals surface area contributed by atoms with E-state index in [1.54, 1.807) is 12.1 Å². The Kier molecular flexibility index (Phi) is 6.17. The lowest BCUT2D eigenvalue weighted by molar-refractivity contribution is -0.187. The Morgan fingerprint density at radius 3 is 2.53 bits per heavy atom. The molecule has 1 aliphatic carbocycles. The van der Waals surface area contributed by atoms with Crippen LogP contribution < -0.4 is 5.32 Å². The van der Waals surface area contributed by atoms with E-state index in [1.807, 2.05) is 6.07 Å². The van der Waals surface area contributed by atoms with Crippen molar-refractivity contribution in [3.8, 4) is 0 Å². The van der Waals surface area contributed by atoms with Crippen LogP contribution >= 0.6 is 15.9 Å². The number of nitrogens with zero attached hydrogens (tertiary/aromatic N) is 2. The van der Waals surface area contributed by atoms with Crippen LogP contribution in [0.5, 0.6) is 0 Å². The molecule has 180 valence electrons. The monoisotopic (exact) mass is 541 g/mol. The van der Waals surface area contributed by atoms with E-state index in [9.17, 15) is 31.9 Å². The van der Waals surface area contributed by atoms with Crippen molar-refractivity contribution < 1.29 is 31.9 Å². The topological polar surface area (TPSA) is 69.7 Å². The Morgan fingerprint density at radius 2 is 1.88 bits per heavy atom. The van der Waals surface area contributed by atoms with Gasteiger partial charge in [0.05, 0.1) is 0 Å². The van der Waals surface area contributed by atoms with Crippen molar-refractivity contribution in [1.29, 1.82) is 0 Å². The van der Waals surface area contributed by atoms with Crippen LogP contribution in [0.15, 0.2) is 46.9 Å². The number of imide groups is 1. The molecule has 1 spiro atoms. The molecule has 1 aliphatic heterocycles. The summed E-state index contributed by atoms with van der Waals surface area (Å²) >= 11 is 3.41. The number of hydrogen-bond acceptors (Lipinski definition) is 3. The van der Waals surface area contributed by atoms with Gasteiger partial charge in [-0.3, -0.25) is 14.5 Å². The van der Waals surface area contributed by atoms with Crippen molar-refractivity contribution in [3.05, 3.63) is 69.4 Å². The lowest BCUT2D eigenvalue weighted by Gasteiger charge is -2.32. The number of carbonyl (C=O) groups excluding carboxylic acids is 3. The normalized spacial score (nSPS) is 20.5. The van der Waals surface area contributed by atoms with E-state index in [-0.39, 0.29) is 12.0 Å². The van der Waals surface area contributed by atoms with Gasteiger partial charge in [0.15, 0.2) is 0 Å². The van der Waals surface area contributed by atoms with Gasteiger partial charge in [0.25, 0.3) is 5.91 Å². The number of benzene rings is 2. The summed E-state index contributed by atoms with van der Waals surface area (Å²) in [4.78, 5) is 40.3. The van der Waals surface area contributed by atoms with E-state index >= 15 is 0 Å². The fourth-order valence-electron chi connectivity index (χ4n) is 4.44. The third kappa shape index (κ3) is 4.17. The largest absolute Gasteiger partial charge is 0.408 e. The Hall–Kier alpha value is -2.95. The maximum Gasteiger partial charge on any atom is 0.408 e. The first-order valence-corrected chi connectivity index (χ1v) is 11.3. The zero-order chi connectivity index (χ0) is 24.8. The Labute approximate surface area is 201 Å². The predicted molar refractivity (Wildman–Crippen MR) is 117 cm³/mol. The van der Waals surface area contributed by atoms with Gasteiger partial charge in [0, 0.05) is 16.6 Å². The van der Waals surface area contributed by atoms with Crippen LogP contribution in [-0.2, 0) is 28.1 Å². The molecule has 0 saturated carbocycles. The molecule has 0 radical (unpaired) electrons. The molecular formula is C23H20BrF4N3O3. The molecule has 0 bridgehead atoms. The third-order valence-electron chi connectivity index (χ3n) is 6.29. The summed E-state index contributed by atoms with van der Waals surface area (Å²) in [7, 11) is 0. The Bertz CT molecular complexity index is 1160. The molecular weight excluding hydrogens is 522 g/mol. The van der Waals surface area contributed by atoms with E-state index in [4.69, 9.17) is 0 Å². The number of alkyl halides is 3. The number of amides is 4. The Balaban J connectivity index is 1.60. The zero-order valence-electron chi connectivity index (χ0n) is 18.0. The SMILES string of the molecule is C[C@H](N(Cc1ccc(F)cc1)C(=O)CN1C(=O)N[C@@]2(CCc3cccc(Br)c32)C1=O)C(F)(F)F. The van der Waals surface area contributed by atoms with Crippen LogP contribution in [-0.4, -0.2) is 46.4 Å². The molecule has 4 amide bonds. The highest BCUT2D eigenvalue weighted by atomic mass is 79.9. The molecule has 2 aliphatic rings. The van der Waals surface area contributed by atoms with Crippen molar-refractivity contribution in [2.45, 2.75) is 44.1 Å². The minimum Gasteiger partial charge on any atom is -0.325 e. The second-order valence-corrected chi connectivity index (χ2v) is 9.22. The van der Waals surface area contributed by atoms with Crippen molar-refractivity contribution in [2.24, 2.45) is 0 Å². The molecule has 0 aromatic heterocycles. The van der Waals surface area contributed by atoms with Crippen molar-refractivity contribution in [2.75, 3.05) is 6.54 Å². The summed E-state index contributed by atoms with van der Waals surface area (Å²) < 4.78 is 54.4. The lowest BCUT2D eigenvalue weighted by Crippen LogP contribution is -2.51. The number of urea groups is 1. The smallest absolute Gasteiger partial charge is 0.325 e. The molecule has 0 unspecified atom stereocenters. The van der Waals surface area contributed by atoms with Gasteiger partial charge in [-0.1, -0.05) is 40.2 Å². The molecule has 2 aromatic carbocycles. The van der Waals surface area contributed by atoms with E-state index in [2.05, 4.69) is 21.2 Å². The number of rotatable bonds is 5. The Morgan fingerprint density at radius 1 is 1.21 bits per heavy atom. The maximum absolute atomic E-state index is 13.5. The van der Waals surface area contributed by atoms with E-state index in [0.29, 0.717) is 26.3 Å². The van der Waals surface area contributed by atoms with Crippen LogP contribution in [0.2, 0.25) is 0 Å². The molecule has 6 nitrogen and oxygen atoms in total. The van der Waals surface area contributed by atoms with Gasteiger partial charge in [-0.25, -0.2) is 9.18 Å². The number of aryl methyl sites for hydroxylation is 1. The van der Waals surface area contributed by atoms with E-state index in [0.717, 1.165) is 24.6 Å². The standard InChI is InChI=1S/C23H20BrF4N3O3/c1-13(23(26,27)28)30(11-14-5-7-16(25)8-6-14)18(32)12-31-20(33)22(29-21(31)34)10-9-15-3-2-4-17(24)19(15)22/h2-8,13H,9-12H2,1H3,(H,29,34)/t13-,22+/m0/s1. The molecule has 34 heavy (non-hydrogen) atoms. The lowest BCUT2D eigenvalue weighted by atomic mass is 9.92. The number of fused-ring (bicyclic) bond motifs is 2. The second kappa shape index (κ2) is 8.68. The first-order valence-electron chi connectivity index (χ1n) is 10.5. The van der Waals surface area contributed by atoms with E-state index in [1.165, 1.54) is 12.1 Å². The summed E-state index contributed by atoms with van der Waals surface area (Å²) in [5, 5.41) is 2.66. The summed E-state index contributed by atoms with van der Waals surface area (Å²) in [5.41, 5.74) is 0.354. The summed E-state index contributed by atoms with van der Waals surface area (Å²) in [6.45, 7) is -0.504. The highest BCUT2D eigenvalue weighted by molar-refractivity contribution is 9.10. The summed E-state index contributed by atoms with van der Waals surface area (Å²) in [6.07, 6.45) is -3.95. The molecule has 11 heteroatoms. The zero-order valence-corrected chi connectivity index (χ0v) is 19.5. The third-order valence-corrected chi connectivity index (χ3v) is 6.95. The quantitative estimate of drug-likeness (QED) is 0.454. The van der Waals surface area contributed by atoms with Gasteiger partial charge in [0.2, 0.25) is 5.91 Å². The first-order chi connectivity index (χ1) is 15.9. The van der Waals surface area contributed by atoms with Crippen LogP contribution in [0.3, 0.4) is 0 Å². The summed E-state index contributed by atoms with van der Waals surface area (Å²) in [5.74, 6) is -2.31. The molecule has 1 N–H and O–H groups in total. The van der Waals surface area contributed by atoms with Crippen molar-refractivity contribution >= 4 is 33.8 Å². The minimum absolute atomic E-state index is 0.271. The van der Waals surface area contributed by atoms with Gasteiger partial charge < -0.3 is 10.2 Å². The van der Waals surface area contributed by atoms with Crippen LogP contribution in [0, 0.1) is 5.82 Å². The molecule has 1 heterocycles. The van der Waals surface area contributed by atoms with Gasteiger partial charge in [-0.15, -0.1) is 0 Å². The van der Waals surface area contributed by atoms with Crippen LogP contribution in [0.4, 0.5) is 22.4 Å². The van der Waals surface area contributed by atoms with Crippen LogP contribution in [0.25, 0.3) is 0 Å². The second-order valence-electron chi connectivity index (χ2n) is 8.37. The fraction of sp³-hybridized carbons (Fsp3) is 0.348. The van der Waals surface area contributed by atoms with Crippen molar-refractivity contribution in [1.82, 2.24) is 15.1 Å². The van der Waals surface area contributed by atoms with Crippen molar-refractivity contribution in [3.63, 3.8) is 0 Å². The average Bonchev–Trinajstić information content (AvgIpc) is 3.26. The molecule has 1 fully saturated rings. The van der Waals surface area contributed by atoms with Gasteiger partial charge in [0.1, 0.15) is 23.9 Å². The number of carbonyl (C=O) groups is 3. The highest BCUT2D eigenvalue weighted by Crippen LogP contribution is 2.44.